The molecule has 2 nitrogen and oxygen atoms in total. The summed E-state index contributed by atoms with van der Waals surface area (Å²) in [5, 5.41) is 0. The van der Waals surface area contributed by atoms with Crippen molar-refractivity contribution in [1.29, 1.82) is 0 Å². The number of benzene rings is 2. The van der Waals surface area contributed by atoms with Gasteiger partial charge in [-0.3, -0.25) is 4.79 Å². The van der Waals surface area contributed by atoms with E-state index in [0.29, 0.717) is 17.7 Å². The molecule has 0 aliphatic heterocycles. The average molecular weight is 333 g/mol. The van der Waals surface area contributed by atoms with Crippen LogP contribution in [-0.2, 0) is 0 Å². The van der Waals surface area contributed by atoms with E-state index in [1.807, 2.05) is 42.5 Å². The van der Waals surface area contributed by atoms with E-state index in [1.165, 1.54) is 0 Å². The van der Waals surface area contributed by atoms with Crippen LogP contribution in [0.1, 0.15) is 36.5 Å². The number of ketones is 1. The first kappa shape index (κ1) is 14.8. The van der Waals surface area contributed by atoms with Crippen molar-refractivity contribution < 1.29 is 9.53 Å². The maximum atomic E-state index is 12.1. The molecule has 104 valence electrons. The molecule has 0 spiro atoms. The minimum Gasteiger partial charge on any atom is -0.457 e. The van der Waals surface area contributed by atoms with Crippen molar-refractivity contribution in [3.8, 4) is 11.5 Å². The predicted octanol–water partition coefficient (Wildman–Crippen LogP) is 5.61. The highest BCUT2D eigenvalue weighted by Crippen LogP contribution is 2.27. The van der Waals surface area contributed by atoms with Gasteiger partial charge >= 0.3 is 0 Å². The van der Waals surface area contributed by atoms with E-state index in [2.05, 4.69) is 22.9 Å². The van der Waals surface area contributed by atoms with E-state index in [0.717, 1.165) is 23.1 Å². The number of carbonyl (C=O) groups is 1. The summed E-state index contributed by atoms with van der Waals surface area (Å²) in [5.74, 6) is 1.60. The number of hydrogen-bond donors (Lipinski definition) is 0. The van der Waals surface area contributed by atoms with E-state index in [4.69, 9.17) is 4.74 Å². The molecular weight excluding hydrogens is 316 g/mol. The van der Waals surface area contributed by atoms with Crippen LogP contribution in [0.15, 0.2) is 53.0 Å². The van der Waals surface area contributed by atoms with Crippen molar-refractivity contribution in [2.45, 2.75) is 26.2 Å². The second-order valence-electron chi connectivity index (χ2n) is 4.58. The van der Waals surface area contributed by atoms with Crippen LogP contribution in [0.3, 0.4) is 0 Å². The molecule has 0 N–H and O–H groups in total. The highest BCUT2D eigenvalue weighted by Gasteiger charge is 2.11. The number of unbranched alkanes of at least 4 members (excludes halogenated alkanes) is 1. The zero-order valence-corrected chi connectivity index (χ0v) is 13.0. The van der Waals surface area contributed by atoms with Gasteiger partial charge in [0.25, 0.3) is 0 Å². The molecule has 0 aliphatic carbocycles. The largest absolute Gasteiger partial charge is 0.457 e. The van der Waals surface area contributed by atoms with Crippen molar-refractivity contribution in [3.63, 3.8) is 0 Å². The van der Waals surface area contributed by atoms with Gasteiger partial charge in [-0.2, -0.15) is 0 Å². The molecule has 0 bridgehead atoms. The molecule has 0 atom stereocenters. The number of rotatable bonds is 6. The van der Waals surface area contributed by atoms with Gasteiger partial charge in [0, 0.05) is 16.5 Å². The minimum atomic E-state index is 0.150. The predicted molar refractivity (Wildman–Crippen MR) is 84.5 cm³/mol. The monoisotopic (exact) mass is 332 g/mol. The van der Waals surface area contributed by atoms with Crippen molar-refractivity contribution in [2.24, 2.45) is 0 Å². The highest BCUT2D eigenvalue weighted by atomic mass is 79.9. The van der Waals surface area contributed by atoms with Crippen LogP contribution in [-0.4, -0.2) is 5.78 Å². The van der Waals surface area contributed by atoms with Crippen LogP contribution in [0.5, 0.6) is 11.5 Å². The van der Waals surface area contributed by atoms with Crippen LogP contribution in [0, 0.1) is 0 Å². The van der Waals surface area contributed by atoms with Crippen molar-refractivity contribution in [3.05, 3.63) is 58.6 Å². The molecule has 0 saturated carbocycles. The van der Waals surface area contributed by atoms with E-state index >= 15 is 0 Å². The van der Waals surface area contributed by atoms with E-state index in [-0.39, 0.29) is 5.78 Å². The number of hydrogen-bond acceptors (Lipinski definition) is 2. The van der Waals surface area contributed by atoms with Gasteiger partial charge in [0.05, 0.1) is 0 Å². The molecular formula is C17H17BrO2. The molecule has 2 rings (SSSR count). The van der Waals surface area contributed by atoms with Crippen LogP contribution in [0.2, 0.25) is 0 Å². The molecule has 2 aromatic carbocycles. The quantitative estimate of drug-likeness (QED) is 0.642. The standard InChI is InChI=1S/C17H17BrO2/c1-2-3-9-17(19)15-12-14(10-11-16(15)18)20-13-7-5-4-6-8-13/h4-8,10-12H,2-3,9H2,1H3. The summed E-state index contributed by atoms with van der Waals surface area (Å²) < 4.78 is 6.57. The molecule has 0 fully saturated rings. The number of ether oxygens (including phenoxy) is 1. The molecule has 0 amide bonds. The first-order chi connectivity index (χ1) is 9.70. The van der Waals surface area contributed by atoms with Crippen molar-refractivity contribution in [2.75, 3.05) is 0 Å². The molecule has 2 aromatic rings. The van der Waals surface area contributed by atoms with Crippen molar-refractivity contribution in [1.82, 2.24) is 0 Å². The van der Waals surface area contributed by atoms with Crippen LogP contribution in [0.4, 0.5) is 0 Å². The summed E-state index contributed by atoms with van der Waals surface area (Å²) in [4.78, 5) is 12.1. The highest BCUT2D eigenvalue weighted by molar-refractivity contribution is 9.10. The molecule has 0 heterocycles. The summed E-state index contributed by atoms with van der Waals surface area (Å²) in [6.45, 7) is 2.08. The summed E-state index contributed by atoms with van der Waals surface area (Å²) >= 11 is 3.43. The first-order valence-corrected chi connectivity index (χ1v) is 7.55. The SMILES string of the molecule is CCCCC(=O)c1cc(Oc2ccccc2)ccc1Br. The summed E-state index contributed by atoms with van der Waals surface area (Å²) in [7, 11) is 0. The Labute approximate surface area is 127 Å². The Kier molecular flexibility index (Phi) is 5.36. The van der Waals surface area contributed by atoms with Crippen LogP contribution < -0.4 is 4.74 Å². The second kappa shape index (κ2) is 7.25. The summed E-state index contributed by atoms with van der Waals surface area (Å²) in [6, 6.07) is 15.1. The summed E-state index contributed by atoms with van der Waals surface area (Å²) in [6.07, 6.45) is 2.50. The minimum absolute atomic E-state index is 0.150. The lowest BCUT2D eigenvalue weighted by Gasteiger charge is -2.09. The molecule has 20 heavy (non-hydrogen) atoms. The Bertz CT molecular complexity index is 579. The molecule has 0 aliphatic rings. The van der Waals surface area contributed by atoms with Crippen LogP contribution in [0.25, 0.3) is 0 Å². The third-order valence-corrected chi connectivity index (χ3v) is 3.67. The lowest BCUT2D eigenvalue weighted by molar-refractivity contribution is 0.0978. The Morgan fingerprint density at radius 2 is 1.85 bits per heavy atom. The van der Waals surface area contributed by atoms with Crippen molar-refractivity contribution >= 4 is 21.7 Å². The average Bonchev–Trinajstić information content (AvgIpc) is 2.48. The normalized spacial score (nSPS) is 10.3. The van der Waals surface area contributed by atoms with E-state index in [1.54, 1.807) is 6.07 Å². The zero-order chi connectivity index (χ0) is 14.4. The van der Waals surface area contributed by atoms with Gasteiger partial charge in [-0.25, -0.2) is 0 Å². The van der Waals surface area contributed by atoms with Gasteiger partial charge in [0.2, 0.25) is 0 Å². The van der Waals surface area contributed by atoms with Gasteiger partial charge in [-0.05, 0) is 36.8 Å². The van der Waals surface area contributed by atoms with Gasteiger partial charge in [0.1, 0.15) is 11.5 Å². The Morgan fingerprint density at radius 3 is 2.55 bits per heavy atom. The fourth-order valence-electron chi connectivity index (χ4n) is 1.88. The number of Topliss-reactive ketones (excluding diaryl/α,β-unsaturated/α-hetero) is 1. The third-order valence-electron chi connectivity index (χ3n) is 2.97. The zero-order valence-electron chi connectivity index (χ0n) is 11.4. The summed E-state index contributed by atoms with van der Waals surface area (Å²) in [5.41, 5.74) is 0.687. The molecule has 3 heteroatoms. The third kappa shape index (κ3) is 3.94. The molecule has 0 unspecified atom stereocenters. The lowest BCUT2D eigenvalue weighted by Crippen LogP contribution is -2.00. The Hall–Kier alpha value is -1.61. The van der Waals surface area contributed by atoms with Crippen LogP contribution >= 0.6 is 15.9 Å². The number of carbonyl (C=O) groups excluding carboxylic acids is 1. The maximum absolute atomic E-state index is 12.1. The van der Waals surface area contributed by atoms with Gasteiger partial charge in [0.15, 0.2) is 5.78 Å². The topological polar surface area (TPSA) is 26.3 Å². The van der Waals surface area contributed by atoms with Gasteiger partial charge in [-0.15, -0.1) is 0 Å². The van der Waals surface area contributed by atoms with Gasteiger partial charge < -0.3 is 4.74 Å². The first-order valence-electron chi connectivity index (χ1n) is 6.76. The fourth-order valence-corrected chi connectivity index (χ4v) is 2.35. The van der Waals surface area contributed by atoms with E-state index in [9.17, 15) is 4.79 Å². The number of halogens is 1. The second-order valence-corrected chi connectivity index (χ2v) is 5.44. The van der Waals surface area contributed by atoms with Gasteiger partial charge in [-0.1, -0.05) is 47.5 Å². The Balaban J connectivity index is 2.18. The molecule has 0 radical (unpaired) electrons. The Morgan fingerprint density at radius 1 is 1.10 bits per heavy atom. The lowest BCUT2D eigenvalue weighted by atomic mass is 10.1. The molecule has 0 aromatic heterocycles. The smallest absolute Gasteiger partial charge is 0.164 e. The fraction of sp³-hybridized carbons (Fsp3) is 0.235. The van der Waals surface area contributed by atoms with E-state index < -0.39 is 0 Å². The number of para-hydroxylation sites is 1. The molecule has 0 saturated heterocycles. The maximum Gasteiger partial charge on any atom is 0.164 e.